The number of urea groups is 1. The number of halogens is 3. The van der Waals surface area contributed by atoms with Gasteiger partial charge in [0.1, 0.15) is 0 Å². The van der Waals surface area contributed by atoms with Crippen molar-refractivity contribution < 1.29 is 32.7 Å². The maximum absolute atomic E-state index is 13.5. The van der Waals surface area contributed by atoms with E-state index in [0.717, 1.165) is 43.4 Å². The van der Waals surface area contributed by atoms with Crippen molar-refractivity contribution in [1.29, 1.82) is 5.26 Å². The Balaban J connectivity index is 1.58. The number of amides is 3. The van der Waals surface area contributed by atoms with Crippen LogP contribution in [0.15, 0.2) is 72.8 Å². The lowest BCUT2D eigenvalue weighted by atomic mass is 9.93. The third-order valence-electron chi connectivity index (χ3n) is 6.96. The molecule has 0 saturated carbocycles. The highest BCUT2D eigenvalue weighted by Gasteiger charge is 2.34. The van der Waals surface area contributed by atoms with Gasteiger partial charge in [-0.1, -0.05) is 30.3 Å². The van der Waals surface area contributed by atoms with Crippen LogP contribution in [0.4, 0.5) is 29.3 Å². The fraction of sp³-hybridized carbons (Fsp3) is 0.250. The molecule has 0 fully saturated rings. The van der Waals surface area contributed by atoms with Gasteiger partial charge in [0.25, 0.3) is 5.91 Å². The molecule has 0 radical (unpaired) electrons. The minimum absolute atomic E-state index is 0.0250. The molecule has 0 atom stereocenters. The van der Waals surface area contributed by atoms with Gasteiger partial charge in [0.15, 0.2) is 0 Å². The Bertz CT molecular complexity index is 1560. The highest BCUT2D eigenvalue weighted by atomic mass is 19.4. The Kier molecular flexibility index (Phi) is 9.83. The summed E-state index contributed by atoms with van der Waals surface area (Å²) in [6, 6.07) is 17.5. The van der Waals surface area contributed by atoms with Crippen molar-refractivity contribution in [1.82, 2.24) is 5.32 Å². The molecule has 43 heavy (non-hydrogen) atoms. The maximum Gasteiger partial charge on any atom is 0.417 e. The first-order valence-electron chi connectivity index (χ1n) is 13.6. The topological polar surface area (TPSA) is 123 Å². The summed E-state index contributed by atoms with van der Waals surface area (Å²) >= 11 is 0. The SMILES string of the molecule is N#Cc1ccc(NC(=O)N(Cc2ccc(C(=O)NCCC(=O)O)cc2)c2ccc(C3=CCCCC3)cc2)cc1C(F)(F)F. The predicted octanol–water partition coefficient (Wildman–Crippen LogP) is 6.98. The molecule has 8 nitrogen and oxygen atoms in total. The second kappa shape index (κ2) is 13.7. The summed E-state index contributed by atoms with van der Waals surface area (Å²) in [5.74, 6) is -1.48. The van der Waals surface area contributed by atoms with E-state index in [4.69, 9.17) is 10.4 Å². The summed E-state index contributed by atoms with van der Waals surface area (Å²) in [7, 11) is 0. The lowest BCUT2D eigenvalue weighted by molar-refractivity contribution is -0.138. The summed E-state index contributed by atoms with van der Waals surface area (Å²) in [5, 5.41) is 22.9. The number of hydrogen-bond donors (Lipinski definition) is 3. The average molecular weight is 591 g/mol. The lowest BCUT2D eigenvalue weighted by Gasteiger charge is -2.24. The number of nitrogens with zero attached hydrogens (tertiary/aromatic N) is 2. The number of carboxylic acid groups (broad SMARTS) is 1. The smallest absolute Gasteiger partial charge is 0.417 e. The normalized spacial score (nSPS) is 12.9. The van der Waals surface area contributed by atoms with Crippen LogP contribution in [-0.2, 0) is 17.5 Å². The molecule has 3 amide bonds. The summed E-state index contributed by atoms with van der Waals surface area (Å²) in [5.41, 5.74) is 1.85. The van der Waals surface area contributed by atoms with E-state index < -0.39 is 35.2 Å². The van der Waals surface area contributed by atoms with Crippen LogP contribution >= 0.6 is 0 Å². The number of aliphatic carboxylic acids is 1. The van der Waals surface area contributed by atoms with Gasteiger partial charge in [-0.25, -0.2) is 4.79 Å². The van der Waals surface area contributed by atoms with E-state index in [0.29, 0.717) is 16.8 Å². The summed E-state index contributed by atoms with van der Waals surface area (Å²) in [6.45, 7) is -0.000633. The zero-order valence-corrected chi connectivity index (χ0v) is 23.1. The zero-order chi connectivity index (χ0) is 31.0. The Labute approximate surface area is 246 Å². The minimum atomic E-state index is -4.78. The molecule has 3 N–H and O–H groups in total. The quantitative estimate of drug-likeness (QED) is 0.248. The first kappa shape index (κ1) is 30.8. The number of nitriles is 1. The maximum atomic E-state index is 13.5. The van der Waals surface area contributed by atoms with Crippen molar-refractivity contribution in [3.63, 3.8) is 0 Å². The Morgan fingerprint density at radius 3 is 2.30 bits per heavy atom. The molecule has 0 aliphatic heterocycles. The molecular weight excluding hydrogens is 561 g/mol. The van der Waals surface area contributed by atoms with Gasteiger partial charge < -0.3 is 15.7 Å². The van der Waals surface area contributed by atoms with Crippen LogP contribution < -0.4 is 15.5 Å². The monoisotopic (exact) mass is 590 g/mol. The van der Waals surface area contributed by atoms with E-state index in [2.05, 4.69) is 16.7 Å². The summed E-state index contributed by atoms with van der Waals surface area (Å²) in [4.78, 5) is 37.9. The number of allylic oxidation sites excluding steroid dienone is 2. The molecule has 0 bridgehead atoms. The largest absolute Gasteiger partial charge is 0.481 e. The summed E-state index contributed by atoms with van der Waals surface area (Å²) in [6.07, 6.45) is 1.41. The Morgan fingerprint density at radius 1 is 0.977 bits per heavy atom. The molecule has 0 saturated heterocycles. The van der Waals surface area contributed by atoms with Gasteiger partial charge in [0, 0.05) is 23.5 Å². The predicted molar refractivity (Wildman–Crippen MR) is 155 cm³/mol. The van der Waals surface area contributed by atoms with Gasteiger partial charge in [0.05, 0.1) is 30.2 Å². The van der Waals surface area contributed by atoms with Crippen LogP contribution in [0.3, 0.4) is 0 Å². The second-order valence-corrected chi connectivity index (χ2v) is 10.0. The third-order valence-corrected chi connectivity index (χ3v) is 6.96. The standard InChI is InChI=1S/C32H29F3N4O4/c33-32(34,35)28-18-26(13-10-25(28)19-36)38-31(43)39(27-14-11-23(12-15-27)22-4-2-1-3-5-22)20-21-6-8-24(9-7-21)30(42)37-17-16-29(40)41/h4,6-15,18H,1-3,5,16-17,20H2,(H,37,42)(H,38,43)(H,40,41). The van der Waals surface area contributed by atoms with E-state index in [-0.39, 0.29) is 25.2 Å². The number of anilines is 2. The lowest BCUT2D eigenvalue weighted by Crippen LogP contribution is -2.34. The molecule has 3 aromatic carbocycles. The number of carbonyl (C=O) groups excluding carboxylic acids is 2. The van der Waals surface area contributed by atoms with Crippen LogP contribution in [0, 0.1) is 11.3 Å². The number of alkyl halides is 3. The van der Waals surface area contributed by atoms with Gasteiger partial charge in [-0.15, -0.1) is 0 Å². The second-order valence-electron chi connectivity index (χ2n) is 10.0. The van der Waals surface area contributed by atoms with E-state index >= 15 is 0 Å². The van der Waals surface area contributed by atoms with E-state index in [1.54, 1.807) is 24.3 Å². The van der Waals surface area contributed by atoms with E-state index in [1.165, 1.54) is 34.7 Å². The molecular formula is C32H29F3N4O4. The van der Waals surface area contributed by atoms with Crippen LogP contribution in [0.1, 0.15) is 64.7 Å². The molecule has 0 heterocycles. The average Bonchev–Trinajstić information content (AvgIpc) is 3.00. The number of nitrogens with one attached hydrogen (secondary N) is 2. The zero-order valence-electron chi connectivity index (χ0n) is 23.1. The van der Waals surface area contributed by atoms with E-state index in [9.17, 15) is 27.6 Å². The van der Waals surface area contributed by atoms with Crippen LogP contribution in [0.25, 0.3) is 5.57 Å². The van der Waals surface area contributed by atoms with Gasteiger partial charge in [-0.3, -0.25) is 14.5 Å². The van der Waals surface area contributed by atoms with Gasteiger partial charge in [-0.05, 0) is 84.8 Å². The molecule has 0 aromatic heterocycles. The Hall–Kier alpha value is -5.11. The van der Waals surface area contributed by atoms with Crippen LogP contribution in [0.2, 0.25) is 0 Å². The Morgan fingerprint density at radius 2 is 1.70 bits per heavy atom. The van der Waals surface area contributed by atoms with Crippen molar-refractivity contribution >= 4 is 34.9 Å². The molecule has 4 rings (SSSR count). The first-order valence-corrected chi connectivity index (χ1v) is 13.6. The fourth-order valence-corrected chi connectivity index (χ4v) is 4.71. The van der Waals surface area contributed by atoms with Gasteiger partial charge in [0.2, 0.25) is 0 Å². The van der Waals surface area contributed by atoms with Crippen molar-refractivity contribution in [2.75, 3.05) is 16.8 Å². The van der Waals surface area contributed by atoms with Crippen LogP contribution in [0.5, 0.6) is 0 Å². The molecule has 3 aromatic rings. The molecule has 1 aliphatic carbocycles. The van der Waals surface area contributed by atoms with Crippen molar-refractivity contribution in [3.8, 4) is 6.07 Å². The molecule has 0 spiro atoms. The molecule has 222 valence electrons. The third kappa shape index (κ3) is 8.23. The number of carboxylic acids is 1. The number of hydrogen-bond acceptors (Lipinski definition) is 4. The first-order chi connectivity index (χ1) is 20.5. The molecule has 11 heteroatoms. The van der Waals surface area contributed by atoms with Crippen LogP contribution in [-0.4, -0.2) is 29.6 Å². The molecule has 0 unspecified atom stereocenters. The van der Waals surface area contributed by atoms with Gasteiger partial charge in [-0.2, -0.15) is 18.4 Å². The molecule has 1 aliphatic rings. The number of rotatable bonds is 9. The minimum Gasteiger partial charge on any atom is -0.481 e. The summed E-state index contributed by atoms with van der Waals surface area (Å²) < 4.78 is 40.5. The number of benzene rings is 3. The van der Waals surface area contributed by atoms with Crippen molar-refractivity contribution in [2.45, 2.75) is 44.8 Å². The van der Waals surface area contributed by atoms with Crippen molar-refractivity contribution in [2.24, 2.45) is 0 Å². The van der Waals surface area contributed by atoms with Gasteiger partial charge >= 0.3 is 18.2 Å². The number of carbonyl (C=O) groups is 3. The fourth-order valence-electron chi connectivity index (χ4n) is 4.71. The highest BCUT2D eigenvalue weighted by molar-refractivity contribution is 6.02. The van der Waals surface area contributed by atoms with Crippen molar-refractivity contribution in [3.05, 3.63) is 101 Å². The van der Waals surface area contributed by atoms with E-state index in [1.807, 2.05) is 12.1 Å². The highest BCUT2D eigenvalue weighted by Crippen LogP contribution is 2.34.